The quantitative estimate of drug-likeness (QED) is 0.510. The van der Waals surface area contributed by atoms with E-state index in [0.717, 1.165) is 23.0 Å². The van der Waals surface area contributed by atoms with Crippen LogP contribution in [-0.4, -0.2) is 18.5 Å². The Morgan fingerprint density at radius 2 is 1.70 bits per heavy atom. The minimum Gasteiger partial charge on any atom is -0.451 e. The van der Waals surface area contributed by atoms with Crippen molar-refractivity contribution < 1.29 is 27.5 Å². The molecule has 8 heteroatoms. The van der Waals surface area contributed by atoms with Crippen LogP contribution in [0, 0.1) is 17.5 Å². The molecule has 138 valence electrons. The third-order valence-electron chi connectivity index (χ3n) is 3.58. The molecule has 1 aromatic heterocycles. The van der Waals surface area contributed by atoms with Crippen molar-refractivity contribution in [3.05, 3.63) is 76.2 Å². The highest BCUT2D eigenvalue weighted by Gasteiger charge is 2.19. The summed E-state index contributed by atoms with van der Waals surface area (Å²) in [6, 6.07) is 12.5. The van der Waals surface area contributed by atoms with Crippen molar-refractivity contribution in [3.63, 3.8) is 0 Å². The third-order valence-corrected chi connectivity index (χ3v) is 4.47. The lowest BCUT2D eigenvalue weighted by Crippen LogP contribution is -2.21. The normalized spacial score (nSPS) is 10.5. The molecule has 1 heterocycles. The number of hydrogen-bond acceptors (Lipinski definition) is 4. The fourth-order valence-corrected chi connectivity index (χ4v) is 3.13. The fourth-order valence-electron chi connectivity index (χ4n) is 2.32. The largest absolute Gasteiger partial charge is 0.451 e. The number of nitrogens with one attached hydrogen (secondary N) is 1. The zero-order valence-corrected chi connectivity index (χ0v) is 14.5. The molecule has 3 aromatic rings. The van der Waals surface area contributed by atoms with Gasteiger partial charge in [-0.15, -0.1) is 11.3 Å². The lowest BCUT2D eigenvalue weighted by Gasteiger charge is -2.08. The van der Waals surface area contributed by atoms with Crippen molar-refractivity contribution in [2.45, 2.75) is 0 Å². The van der Waals surface area contributed by atoms with E-state index in [2.05, 4.69) is 0 Å². The van der Waals surface area contributed by atoms with E-state index in [9.17, 15) is 22.8 Å². The number of hydrogen-bond donors (Lipinski definition) is 1. The maximum absolute atomic E-state index is 13.5. The number of esters is 1. The average molecular weight is 391 g/mol. The number of rotatable bonds is 5. The summed E-state index contributed by atoms with van der Waals surface area (Å²) < 4.78 is 44.5. The second kappa shape index (κ2) is 8.05. The summed E-state index contributed by atoms with van der Waals surface area (Å²) in [7, 11) is 0. The van der Waals surface area contributed by atoms with Crippen molar-refractivity contribution >= 4 is 28.9 Å². The van der Waals surface area contributed by atoms with Crippen LogP contribution in [0.25, 0.3) is 11.1 Å². The summed E-state index contributed by atoms with van der Waals surface area (Å²) in [4.78, 5) is 24.4. The van der Waals surface area contributed by atoms with Gasteiger partial charge in [0.25, 0.3) is 5.91 Å². The van der Waals surface area contributed by atoms with Crippen LogP contribution < -0.4 is 5.32 Å². The minimum atomic E-state index is -1.70. The molecule has 0 saturated carbocycles. The zero-order valence-electron chi connectivity index (χ0n) is 13.7. The van der Waals surface area contributed by atoms with Gasteiger partial charge in [-0.05, 0) is 29.1 Å². The maximum Gasteiger partial charge on any atom is 0.349 e. The molecule has 0 aliphatic heterocycles. The van der Waals surface area contributed by atoms with Crippen LogP contribution in [0.3, 0.4) is 0 Å². The van der Waals surface area contributed by atoms with E-state index in [-0.39, 0.29) is 0 Å². The Balaban J connectivity index is 1.64. The van der Waals surface area contributed by atoms with Gasteiger partial charge in [-0.2, -0.15) is 0 Å². The van der Waals surface area contributed by atoms with Gasteiger partial charge in [-0.1, -0.05) is 30.3 Å². The predicted octanol–water partition coefficient (Wildman–Crippen LogP) is 4.63. The fraction of sp³-hybridized carbons (Fsp3) is 0.0526. The molecule has 0 atom stereocenters. The molecule has 4 nitrogen and oxygen atoms in total. The summed E-state index contributed by atoms with van der Waals surface area (Å²) in [5.41, 5.74) is 0.938. The molecule has 0 spiro atoms. The smallest absolute Gasteiger partial charge is 0.349 e. The van der Waals surface area contributed by atoms with Crippen LogP contribution in [0.2, 0.25) is 0 Å². The van der Waals surface area contributed by atoms with Gasteiger partial charge in [0.15, 0.2) is 24.1 Å². The van der Waals surface area contributed by atoms with Crippen molar-refractivity contribution in [2.75, 3.05) is 11.9 Å². The number of carbonyl (C=O) groups excluding carboxylic acids is 2. The minimum absolute atomic E-state index is 0.313. The highest BCUT2D eigenvalue weighted by atomic mass is 32.1. The average Bonchev–Trinajstić information content (AvgIpc) is 3.17. The van der Waals surface area contributed by atoms with Crippen molar-refractivity contribution in [1.82, 2.24) is 0 Å². The Morgan fingerprint density at radius 3 is 2.44 bits per heavy atom. The number of carbonyl (C=O) groups is 2. The van der Waals surface area contributed by atoms with Crippen LogP contribution in [0.1, 0.15) is 9.67 Å². The standard InChI is InChI=1S/C19H12F3NO3S/c20-13-6-7-14(17(22)16(13)21)23-15(24)10-26-19(25)18-12(8-9-27-18)11-4-2-1-3-5-11/h1-9H,10H2,(H,23,24). The van der Waals surface area contributed by atoms with Crippen LogP contribution in [0.5, 0.6) is 0 Å². The van der Waals surface area contributed by atoms with Crippen LogP contribution >= 0.6 is 11.3 Å². The van der Waals surface area contributed by atoms with Crippen LogP contribution in [0.4, 0.5) is 18.9 Å². The van der Waals surface area contributed by atoms with E-state index in [1.807, 2.05) is 35.6 Å². The first-order chi connectivity index (χ1) is 13.0. The molecule has 0 unspecified atom stereocenters. The van der Waals surface area contributed by atoms with Gasteiger partial charge in [-0.25, -0.2) is 18.0 Å². The first-order valence-corrected chi connectivity index (χ1v) is 8.58. The second-order valence-corrected chi connectivity index (χ2v) is 6.29. The van der Waals surface area contributed by atoms with Gasteiger partial charge in [0.05, 0.1) is 5.69 Å². The first-order valence-electron chi connectivity index (χ1n) is 7.70. The number of thiophene rings is 1. The van der Waals surface area contributed by atoms with Gasteiger partial charge in [0.1, 0.15) is 4.88 Å². The molecule has 0 saturated heterocycles. The Hall–Kier alpha value is -3.13. The predicted molar refractivity (Wildman–Crippen MR) is 95.0 cm³/mol. The summed E-state index contributed by atoms with van der Waals surface area (Å²) in [5, 5.41) is 3.75. The van der Waals surface area contributed by atoms with E-state index in [0.29, 0.717) is 16.5 Å². The molecule has 27 heavy (non-hydrogen) atoms. The zero-order chi connectivity index (χ0) is 19.4. The molecular formula is C19H12F3NO3S. The molecule has 0 aliphatic rings. The van der Waals surface area contributed by atoms with Gasteiger partial charge in [0, 0.05) is 5.56 Å². The molecule has 3 rings (SSSR count). The van der Waals surface area contributed by atoms with E-state index in [4.69, 9.17) is 4.74 Å². The Bertz CT molecular complexity index is 989. The molecule has 0 aliphatic carbocycles. The van der Waals surface area contributed by atoms with Crippen LogP contribution in [-0.2, 0) is 9.53 Å². The highest BCUT2D eigenvalue weighted by molar-refractivity contribution is 7.12. The molecule has 0 bridgehead atoms. The molecule has 0 radical (unpaired) electrons. The second-order valence-electron chi connectivity index (χ2n) is 5.38. The van der Waals surface area contributed by atoms with E-state index in [1.165, 1.54) is 0 Å². The van der Waals surface area contributed by atoms with Gasteiger partial charge in [-0.3, -0.25) is 4.79 Å². The number of ether oxygens (including phenoxy) is 1. The van der Waals surface area contributed by atoms with E-state index < -0.39 is 41.6 Å². The molecule has 1 N–H and O–H groups in total. The first kappa shape index (κ1) is 18.7. The Morgan fingerprint density at radius 1 is 0.963 bits per heavy atom. The summed E-state index contributed by atoms with van der Waals surface area (Å²) in [6.07, 6.45) is 0. The third kappa shape index (κ3) is 4.17. The Kier molecular flexibility index (Phi) is 5.56. The summed E-state index contributed by atoms with van der Waals surface area (Å²) >= 11 is 1.16. The number of halogens is 3. The van der Waals surface area contributed by atoms with Crippen molar-refractivity contribution in [1.29, 1.82) is 0 Å². The monoisotopic (exact) mass is 391 g/mol. The Labute approximate surface area is 156 Å². The summed E-state index contributed by atoms with van der Waals surface area (Å²) in [5.74, 6) is -6.20. The van der Waals surface area contributed by atoms with Gasteiger partial charge in [0.2, 0.25) is 0 Å². The molecule has 2 aromatic carbocycles. The topological polar surface area (TPSA) is 55.4 Å². The number of anilines is 1. The lowest BCUT2D eigenvalue weighted by atomic mass is 10.1. The van der Waals surface area contributed by atoms with Crippen molar-refractivity contribution in [2.24, 2.45) is 0 Å². The lowest BCUT2D eigenvalue weighted by molar-refractivity contribution is -0.119. The SMILES string of the molecule is O=C(COC(=O)c1sccc1-c1ccccc1)Nc1ccc(F)c(F)c1F. The van der Waals surface area contributed by atoms with E-state index in [1.54, 1.807) is 11.4 Å². The molecular weight excluding hydrogens is 379 g/mol. The maximum atomic E-state index is 13.5. The summed E-state index contributed by atoms with van der Waals surface area (Å²) in [6.45, 7) is -0.705. The molecule has 1 amide bonds. The number of amides is 1. The highest BCUT2D eigenvalue weighted by Crippen LogP contribution is 2.28. The van der Waals surface area contributed by atoms with Gasteiger partial charge >= 0.3 is 5.97 Å². The van der Waals surface area contributed by atoms with Gasteiger partial charge < -0.3 is 10.1 Å². The molecule has 0 fully saturated rings. The van der Waals surface area contributed by atoms with Crippen molar-refractivity contribution in [3.8, 4) is 11.1 Å². The van der Waals surface area contributed by atoms with Crippen LogP contribution in [0.15, 0.2) is 53.9 Å². The van der Waals surface area contributed by atoms with E-state index >= 15 is 0 Å². The number of benzene rings is 2.